The third-order valence-electron chi connectivity index (χ3n) is 15.4. The van der Waals surface area contributed by atoms with Gasteiger partial charge in [-0.25, -0.2) is 0 Å². The summed E-state index contributed by atoms with van der Waals surface area (Å²) in [5.41, 5.74) is 9.14. The molecule has 0 saturated heterocycles. The van der Waals surface area contributed by atoms with E-state index in [2.05, 4.69) is 38.1 Å². The molecule has 0 aliphatic heterocycles. The molecule has 6 aliphatic carbocycles. The van der Waals surface area contributed by atoms with Crippen molar-refractivity contribution in [3.8, 4) is 22.6 Å². The van der Waals surface area contributed by atoms with Crippen LogP contribution in [0.2, 0.25) is 0 Å². The van der Waals surface area contributed by atoms with E-state index in [9.17, 15) is 0 Å². The van der Waals surface area contributed by atoms with E-state index in [4.69, 9.17) is 9.47 Å². The molecule has 2 aromatic carbocycles. The lowest BCUT2D eigenvalue weighted by Gasteiger charge is -2.37. The maximum Gasteiger partial charge on any atom is 0.127 e. The second kappa shape index (κ2) is 16.4. The van der Waals surface area contributed by atoms with Gasteiger partial charge >= 0.3 is 0 Å². The minimum Gasteiger partial charge on any atom is -0.493 e. The molecule has 0 bridgehead atoms. The highest BCUT2D eigenvalue weighted by Gasteiger charge is 2.33. The summed E-state index contributed by atoms with van der Waals surface area (Å²) in [5, 5.41) is 0. The molecule has 50 heavy (non-hydrogen) atoms. The Bertz CT molecular complexity index is 1280. The minimum absolute atomic E-state index is 0.699. The van der Waals surface area contributed by atoms with E-state index in [1.807, 2.05) is 0 Å². The first-order valence-corrected chi connectivity index (χ1v) is 22.1. The zero-order valence-electron chi connectivity index (χ0n) is 32.1. The van der Waals surface area contributed by atoms with Crippen LogP contribution >= 0.6 is 0 Å². The van der Waals surface area contributed by atoms with Gasteiger partial charge in [-0.2, -0.15) is 0 Å². The number of fused-ring (bicyclic) bond motifs is 2. The Hall–Kier alpha value is -1.96. The highest BCUT2D eigenvalue weighted by Crippen LogP contribution is 2.48. The van der Waals surface area contributed by atoms with Gasteiger partial charge in [0.25, 0.3) is 0 Å². The van der Waals surface area contributed by atoms with Crippen molar-refractivity contribution in [2.45, 2.75) is 168 Å². The fourth-order valence-electron chi connectivity index (χ4n) is 12.0. The second-order valence-corrected chi connectivity index (χ2v) is 18.8. The highest BCUT2D eigenvalue weighted by molar-refractivity contribution is 5.83. The van der Waals surface area contributed by atoms with Gasteiger partial charge < -0.3 is 9.47 Å². The van der Waals surface area contributed by atoms with Crippen LogP contribution in [0.25, 0.3) is 11.1 Å². The van der Waals surface area contributed by atoms with E-state index in [0.717, 1.165) is 60.2 Å². The van der Waals surface area contributed by atoms with Crippen LogP contribution in [-0.4, -0.2) is 13.2 Å². The number of hydrogen-bond acceptors (Lipinski definition) is 2. The predicted octanol–water partition coefficient (Wildman–Crippen LogP) is 13.1. The Balaban J connectivity index is 0.990. The zero-order valence-corrected chi connectivity index (χ0v) is 32.1. The van der Waals surface area contributed by atoms with Crippen molar-refractivity contribution in [3.05, 3.63) is 46.5 Å². The number of ether oxygens (including phenoxy) is 2. The van der Waals surface area contributed by atoms with E-state index in [0.29, 0.717) is 11.8 Å². The summed E-state index contributed by atoms with van der Waals surface area (Å²) >= 11 is 0. The van der Waals surface area contributed by atoms with E-state index < -0.39 is 0 Å². The smallest absolute Gasteiger partial charge is 0.127 e. The standard InChI is InChI=1S/C48H70O2/c1-33-11-19-37(20-12-33)39-23-15-35(16-24-39)31-49-45-29-27-41-7-3-5-9-43(41)47(45)48-44-10-6-4-8-42(44)28-30-46(48)50-32-36-17-25-40(26-18-36)38-21-13-34(2)14-22-38/h27-30,33-40H,3-26,31-32H2,1-2H3. The lowest BCUT2D eigenvalue weighted by Crippen LogP contribution is -2.27. The fourth-order valence-corrected chi connectivity index (χ4v) is 12.0. The first-order valence-electron chi connectivity index (χ1n) is 22.1. The van der Waals surface area contributed by atoms with Crippen LogP contribution in [0.1, 0.15) is 165 Å². The molecule has 2 nitrogen and oxygen atoms in total. The summed E-state index contributed by atoms with van der Waals surface area (Å²) in [5.74, 6) is 9.56. The summed E-state index contributed by atoms with van der Waals surface area (Å²) in [6.45, 7) is 6.69. The maximum absolute atomic E-state index is 7.05. The van der Waals surface area contributed by atoms with Crippen LogP contribution in [-0.2, 0) is 25.7 Å². The Kier molecular flexibility index (Phi) is 11.5. The molecule has 2 heteroatoms. The topological polar surface area (TPSA) is 18.5 Å². The van der Waals surface area contributed by atoms with Gasteiger partial charge in [0.05, 0.1) is 13.2 Å². The van der Waals surface area contributed by atoms with Crippen LogP contribution in [0, 0.1) is 47.3 Å². The average Bonchev–Trinajstić information content (AvgIpc) is 3.17. The van der Waals surface area contributed by atoms with Crippen molar-refractivity contribution in [2.75, 3.05) is 13.2 Å². The largest absolute Gasteiger partial charge is 0.493 e. The normalized spacial score (nSPS) is 33.2. The Morgan fingerprint density at radius 1 is 0.420 bits per heavy atom. The van der Waals surface area contributed by atoms with Crippen LogP contribution in [0.5, 0.6) is 11.5 Å². The number of aryl methyl sites for hydroxylation is 2. The molecule has 0 spiro atoms. The van der Waals surface area contributed by atoms with Crippen LogP contribution in [0.4, 0.5) is 0 Å². The molecule has 0 radical (unpaired) electrons. The third kappa shape index (κ3) is 8.00. The number of hydrogen-bond donors (Lipinski definition) is 0. The molecule has 0 atom stereocenters. The lowest BCUT2D eigenvalue weighted by molar-refractivity contribution is 0.125. The van der Waals surface area contributed by atoms with Crippen molar-refractivity contribution in [2.24, 2.45) is 47.3 Å². The van der Waals surface area contributed by atoms with E-state index in [1.165, 1.54) is 165 Å². The minimum atomic E-state index is 0.699. The number of rotatable bonds is 9. The molecule has 0 unspecified atom stereocenters. The monoisotopic (exact) mass is 679 g/mol. The Morgan fingerprint density at radius 3 is 1.14 bits per heavy atom. The second-order valence-electron chi connectivity index (χ2n) is 18.8. The van der Waals surface area contributed by atoms with Gasteiger partial charge in [0, 0.05) is 11.1 Å². The summed E-state index contributed by atoms with van der Waals surface area (Å²) in [7, 11) is 0. The third-order valence-corrected chi connectivity index (χ3v) is 15.4. The van der Waals surface area contributed by atoms with Gasteiger partial charge in [-0.1, -0.05) is 51.7 Å². The molecule has 274 valence electrons. The average molecular weight is 679 g/mol. The molecule has 2 aromatic rings. The maximum atomic E-state index is 7.05. The van der Waals surface area contributed by atoms with Gasteiger partial charge in [0.15, 0.2) is 0 Å². The molecule has 0 amide bonds. The van der Waals surface area contributed by atoms with Crippen LogP contribution in [0.15, 0.2) is 24.3 Å². The summed E-state index contributed by atoms with van der Waals surface area (Å²) < 4.78 is 14.1. The molecule has 6 aliphatic rings. The first kappa shape index (κ1) is 35.1. The van der Waals surface area contributed by atoms with Gasteiger partial charge in [-0.3, -0.25) is 0 Å². The van der Waals surface area contributed by atoms with E-state index >= 15 is 0 Å². The van der Waals surface area contributed by atoms with Gasteiger partial charge in [-0.15, -0.1) is 0 Å². The molecule has 4 fully saturated rings. The zero-order chi connectivity index (χ0) is 33.9. The molecule has 4 saturated carbocycles. The van der Waals surface area contributed by atoms with Gasteiger partial charge in [-0.05, 0) is 210 Å². The van der Waals surface area contributed by atoms with Crippen molar-refractivity contribution >= 4 is 0 Å². The van der Waals surface area contributed by atoms with Crippen LogP contribution < -0.4 is 9.47 Å². The molecule has 0 heterocycles. The molecular weight excluding hydrogens is 609 g/mol. The van der Waals surface area contributed by atoms with Crippen molar-refractivity contribution in [3.63, 3.8) is 0 Å². The highest BCUT2D eigenvalue weighted by atomic mass is 16.5. The van der Waals surface area contributed by atoms with Crippen molar-refractivity contribution in [1.82, 2.24) is 0 Å². The molecule has 8 rings (SSSR count). The van der Waals surface area contributed by atoms with Crippen molar-refractivity contribution < 1.29 is 9.47 Å². The lowest BCUT2D eigenvalue weighted by atomic mass is 9.69. The van der Waals surface area contributed by atoms with Gasteiger partial charge in [0.2, 0.25) is 0 Å². The summed E-state index contributed by atoms with van der Waals surface area (Å²) in [6, 6.07) is 9.59. The van der Waals surface area contributed by atoms with Crippen LogP contribution in [0.3, 0.4) is 0 Å². The Labute approximate surface area is 306 Å². The van der Waals surface area contributed by atoms with E-state index in [-0.39, 0.29) is 0 Å². The van der Waals surface area contributed by atoms with Crippen molar-refractivity contribution in [1.29, 1.82) is 0 Å². The molecular formula is C48H70O2. The molecule has 0 N–H and O–H groups in total. The fraction of sp³-hybridized carbons (Fsp3) is 0.750. The SMILES string of the molecule is CC1CCC(C2CCC(COc3ccc4c(c3-c3c(OCC5CCC(C6CCC(C)CC6)CC5)ccc5c3CCCC5)CCCC4)CC2)CC1. The predicted molar refractivity (Wildman–Crippen MR) is 209 cm³/mol. The summed E-state index contributed by atoms with van der Waals surface area (Å²) in [4.78, 5) is 0. The van der Waals surface area contributed by atoms with Gasteiger partial charge in [0.1, 0.15) is 11.5 Å². The summed E-state index contributed by atoms with van der Waals surface area (Å²) in [6.07, 6.45) is 32.9. The quantitative estimate of drug-likeness (QED) is 0.263. The molecule has 0 aromatic heterocycles. The van der Waals surface area contributed by atoms with E-state index in [1.54, 1.807) is 22.3 Å². The Morgan fingerprint density at radius 2 is 0.760 bits per heavy atom. The first-order chi connectivity index (χ1) is 24.6. The number of benzene rings is 2.